The van der Waals surface area contributed by atoms with Gasteiger partial charge in [-0.25, -0.2) is 4.98 Å². The van der Waals surface area contributed by atoms with Crippen molar-refractivity contribution in [1.82, 2.24) is 9.97 Å². The molecule has 21 heavy (non-hydrogen) atoms. The van der Waals surface area contributed by atoms with E-state index in [9.17, 15) is 4.79 Å². The van der Waals surface area contributed by atoms with E-state index < -0.39 is 0 Å². The van der Waals surface area contributed by atoms with E-state index >= 15 is 0 Å². The number of nitrogens with one attached hydrogen (secondary N) is 2. The standard InChI is InChI=1S/C16H14BrN3O/c1-9-10(2)19-14-5-3-11(7-13(9)14)16(21)20-15-6-4-12(17)8-18-15/h3-8,19H,1-2H3,(H,18,20,21). The largest absolute Gasteiger partial charge is 0.358 e. The summed E-state index contributed by atoms with van der Waals surface area (Å²) in [5, 5.41) is 3.87. The van der Waals surface area contributed by atoms with Gasteiger partial charge in [0.2, 0.25) is 0 Å². The highest BCUT2D eigenvalue weighted by Crippen LogP contribution is 2.22. The Morgan fingerprint density at radius 1 is 1.24 bits per heavy atom. The van der Waals surface area contributed by atoms with Gasteiger partial charge >= 0.3 is 0 Å². The van der Waals surface area contributed by atoms with Crippen LogP contribution >= 0.6 is 15.9 Å². The van der Waals surface area contributed by atoms with Gasteiger partial charge in [-0.2, -0.15) is 0 Å². The van der Waals surface area contributed by atoms with Crippen LogP contribution in [-0.2, 0) is 0 Å². The molecule has 2 aromatic heterocycles. The first-order valence-electron chi connectivity index (χ1n) is 6.56. The molecular weight excluding hydrogens is 330 g/mol. The lowest BCUT2D eigenvalue weighted by atomic mass is 10.1. The zero-order valence-electron chi connectivity index (χ0n) is 11.7. The number of amides is 1. The minimum Gasteiger partial charge on any atom is -0.358 e. The van der Waals surface area contributed by atoms with Gasteiger partial charge in [0.25, 0.3) is 5.91 Å². The molecule has 1 aromatic carbocycles. The molecule has 4 nitrogen and oxygen atoms in total. The molecule has 0 saturated heterocycles. The van der Waals surface area contributed by atoms with Crippen molar-refractivity contribution in [2.45, 2.75) is 13.8 Å². The van der Waals surface area contributed by atoms with Crippen LogP contribution in [0, 0.1) is 13.8 Å². The molecule has 2 N–H and O–H groups in total. The van der Waals surface area contributed by atoms with E-state index in [4.69, 9.17) is 0 Å². The zero-order valence-corrected chi connectivity index (χ0v) is 13.3. The summed E-state index contributed by atoms with van der Waals surface area (Å²) in [4.78, 5) is 19.7. The van der Waals surface area contributed by atoms with Crippen LogP contribution < -0.4 is 5.32 Å². The van der Waals surface area contributed by atoms with E-state index in [-0.39, 0.29) is 5.91 Å². The van der Waals surface area contributed by atoms with Gasteiger partial charge in [0.1, 0.15) is 5.82 Å². The third-order valence-electron chi connectivity index (χ3n) is 3.54. The second kappa shape index (κ2) is 5.33. The number of carbonyl (C=O) groups is 1. The van der Waals surface area contributed by atoms with E-state index in [2.05, 4.69) is 31.2 Å². The summed E-state index contributed by atoms with van der Waals surface area (Å²) in [5.74, 6) is 0.371. The Bertz CT molecular complexity index is 821. The van der Waals surface area contributed by atoms with Gasteiger partial charge < -0.3 is 10.3 Å². The SMILES string of the molecule is Cc1[nH]c2ccc(C(=O)Nc3ccc(Br)cn3)cc2c1C. The molecule has 3 aromatic rings. The van der Waals surface area contributed by atoms with Crippen molar-refractivity contribution < 1.29 is 4.79 Å². The number of aryl methyl sites for hydroxylation is 2. The van der Waals surface area contributed by atoms with Crippen molar-refractivity contribution in [1.29, 1.82) is 0 Å². The average Bonchev–Trinajstić information content (AvgIpc) is 2.76. The maximum absolute atomic E-state index is 12.3. The molecule has 0 aliphatic rings. The summed E-state index contributed by atoms with van der Waals surface area (Å²) in [5.41, 5.74) is 3.95. The quantitative estimate of drug-likeness (QED) is 0.732. The van der Waals surface area contributed by atoms with Crippen molar-refractivity contribution in [2.75, 3.05) is 5.32 Å². The molecule has 0 spiro atoms. The van der Waals surface area contributed by atoms with Crippen LogP contribution in [-0.4, -0.2) is 15.9 Å². The third kappa shape index (κ3) is 2.69. The molecule has 1 amide bonds. The number of hydrogen-bond acceptors (Lipinski definition) is 2. The van der Waals surface area contributed by atoms with Crippen LogP contribution in [0.25, 0.3) is 10.9 Å². The van der Waals surface area contributed by atoms with Gasteiger partial charge in [-0.15, -0.1) is 0 Å². The highest BCUT2D eigenvalue weighted by Gasteiger charge is 2.10. The molecule has 0 atom stereocenters. The van der Waals surface area contributed by atoms with E-state index in [1.165, 1.54) is 5.56 Å². The predicted molar refractivity (Wildman–Crippen MR) is 87.7 cm³/mol. The van der Waals surface area contributed by atoms with E-state index in [1.807, 2.05) is 38.1 Å². The Balaban J connectivity index is 1.90. The predicted octanol–water partition coefficient (Wildman–Crippen LogP) is 4.19. The Kier molecular flexibility index (Phi) is 3.51. The lowest BCUT2D eigenvalue weighted by Crippen LogP contribution is -2.12. The van der Waals surface area contributed by atoms with Crippen molar-refractivity contribution >= 4 is 38.6 Å². The normalized spacial score (nSPS) is 10.8. The van der Waals surface area contributed by atoms with Gasteiger partial charge in [-0.3, -0.25) is 4.79 Å². The van der Waals surface area contributed by atoms with Crippen molar-refractivity contribution in [3.8, 4) is 0 Å². The Morgan fingerprint density at radius 3 is 2.76 bits per heavy atom. The lowest BCUT2D eigenvalue weighted by Gasteiger charge is -2.05. The first-order chi connectivity index (χ1) is 10.0. The van der Waals surface area contributed by atoms with Gasteiger partial charge in [-0.1, -0.05) is 0 Å². The molecule has 106 valence electrons. The van der Waals surface area contributed by atoms with E-state index in [1.54, 1.807) is 12.3 Å². The molecule has 0 fully saturated rings. The topological polar surface area (TPSA) is 57.8 Å². The molecule has 0 bridgehead atoms. The van der Waals surface area contributed by atoms with Crippen molar-refractivity contribution in [3.63, 3.8) is 0 Å². The maximum Gasteiger partial charge on any atom is 0.256 e. The van der Waals surface area contributed by atoms with Gasteiger partial charge in [0.15, 0.2) is 0 Å². The fourth-order valence-corrected chi connectivity index (χ4v) is 2.48. The monoisotopic (exact) mass is 343 g/mol. The van der Waals surface area contributed by atoms with Crippen LogP contribution in [0.3, 0.4) is 0 Å². The molecule has 2 heterocycles. The first-order valence-corrected chi connectivity index (χ1v) is 7.36. The smallest absolute Gasteiger partial charge is 0.256 e. The number of aromatic nitrogens is 2. The van der Waals surface area contributed by atoms with E-state index in [0.29, 0.717) is 11.4 Å². The molecular formula is C16H14BrN3O. The number of halogens is 1. The Morgan fingerprint density at radius 2 is 2.05 bits per heavy atom. The second-order valence-corrected chi connectivity index (χ2v) is 5.87. The summed E-state index contributed by atoms with van der Waals surface area (Å²) in [7, 11) is 0. The number of anilines is 1. The van der Waals surface area contributed by atoms with Crippen molar-refractivity contribution in [2.24, 2.45) is 0 Å². The number of benzene rings is 1. The van der Waals surface area contributed by atoms with Crippen LogP contribution in [0.15, 0.2) is 41.0 Å². The number of aromatic amines is 1. The maximum atomic E-state index is 12.3. The summed E-state index contributed by atoms with van der Waals surface area (Å²) in [6.45, 7) is 4.08. The van der Waals surface area contributed by atoms with E-state index in [0.717, 1.165) is 21.1 Å². The number of H-pyrrole nitrogens is 1. The molecule has 0 aliphatic heterocycles. The van der Waals surface area contributed by atoms with Crippen LogP contribution in [0.1, 0.15) is 21.6 Å². The number of fused-ring (bicyclic) bond motifs is 1. The van der Waals surface area contributed by atoms with Crippen LogP contribution in [0.5, 0.6) is 0 Å². The van der Waals surface area contributed by atoms with Crippen LogP contribution in [0.4, 0.5) is 5.82 Å². The second-order valence-electron chi connectivity index (χ2n) is 4.95. The number of nitrogens with zero attached hydrogens (tertiary/aromatic N) is 1. The number of carbonyl (C=O) groups excluding carboxylic acids is 1. The molecule has 0 unspecified atom stereocenters. The number of rotatable bonds is 2. The summed E-state index contributed by atoms with van der Waals surface area (Å²) >= 11 is 3.32. The fourth-order valence-electron chi connectivity index (χ4n) is 2.24. The van der Waals surface area contributed by atoms with Gasteiger partial charge in [0, 0.05) is 32.8 Å². The lowest BCUT2D eigenvalue weighted by molar-refractivity contribution is 0.102. The Hall–Kier alpha value is -2.14. The number of pyridine rings is 1. The molecule has 0 radical (unpaired) electrons. The van der Waals surface area contributed by atoms with Gasteiger partial charge in [-0.05, 0) is 65.7 Å². The summed E-state index contributed by atoms with van der Waals surface area (Å²) in [6.07, 6.45) is 1.65. The first kappa shape index (κ1) is 13.8. The molecule has 0 saturated carbocycles. The minimum atomic E-state index is -0.162. The highest BCUT2D eigenvalue weighted by atomic mass is 79.9. The van der Waals surface area contributed by atoms with Crippen LogP contribution in [0.2, 0.25) is 0 Å². The number of hydrogen-bond donors (Lipinski definition) is 2. The van der Waals surface area contributed by atoms with Gasteiger partial charge in [0.05, 0.1) is 0 Å². The van der Waals surface area contributed by atoms with Crippen molar-refractivity contribution in [3.05, 3.63) is 57.8 Å². The zero-order chi connectivity index (χ0) is 15.0. The summed E-state index contributed by atoms with van der Waals surface area (Å²) in [6, 6.07) is 9.24. The molecule has 3 rings (SSSR count). The summed E-state index contributed by atoms with van der Waals surface area (Å²) < 4.78 is 0.875. The molecule has 5 heteroatoms. The Labute approximate surface area is 130 Å². The minimum absolute atomic E-state index is 0.162. The fraction of sp³-hybridized carbons (Fsp3) is 0.125. The highest BCUT2D eigenvalue weighted by molar-refractivity contribution is 9.10. The molecule has 0 aliphatic carbocycles. The average molecular weight is 344 g/mol. The third-order valence-corrected chi connectivity index (χ3v) is 4.01.